The second kappa shape index (κ2) is 10.6. The fraction of sp³-hybridized carbons (Fsp3) is 1.00. The Hall–Kier alpha value is 0.820. The van der Waals surface area contributed by atoms with Gasteiger partial charge in [-0.25, -0.2) is 8.42 Å². The fourth-order valence-corrected chi connectivity index (χ4v) is 2.94. The van der Waals surface area contributed by atoms with Crippen molar-refractivity contribution in [1.29, 1.82) is 0 Å². The first-order valence-corrected chi connectivity index (χ1v) is 9.70. The van der Waals surface area contributed by atoms with Crippen LogP contribution in [0, 0.1) is 11.8 Å². The minimum atomic E-state index is -3.47. The van der Waals surface area contributed by atoms with Gasteiger partial charge in [0.15, 0.2) is 0 Å². The van der Waals surface area contributed by atoms with Crippen molar-refractivity contribution in [2.45, 2.75) is 57.6 Å². The van der Waals surface area contributed by atoms with Gasteiger partial charge in [0, 0.05) is 22.4 Å². The molecule has 18 heavy (non-hydrogen) atoms. The van der Waals surface area contributed by atoms with Gasteiger partial charge in [0.05, 0.1) is 5.25 Å². The van der Waals surface area contributed by atoms with Gasteiger partial charge in [-0.05, 0) is 31.6 Å². The molecule has 0 radical (unpaired) electrons. The lowest BCUT2D eigenvalue weighted by Crippen LogP contribution is -2.20. The summed E-state index contributed by atoms with van der Waals surface area (Å²) in [6.45, 7) is 8.10. The zero-order valence-corrected chi connectivity index (χ0v) is 14.9. The highest BCUT2D eigenvalue weighted by Gasteiger charge is 2.23. The van der Waals surface area contributed by atoms with E-state index in [9.17, 15) is 8.42 Å². The molecule has 0 aromatic rings. The summed E-state index contributed by atoms with van der Waals surface area (Å²) >= 11 is 10.8. The predicted molar refractivity (Wildman–Crippen MR) is 83.5 cm³/mol. The van der Waals surface area contributed by atoms with E-state index in [0.717, 1.165) is 12.8 Å². The largest absolute Gasteiger partial charge is 0.235 e. The highest BCUT2D eigenvalue weighted by Crippen LogP contribution is 2.26. The van der Waals surface area contributed by atoms with E-state index in [1.807, 2.05) is 0 Å². The van der Waals surface area contributed by atoms with E-state index in [-0.39, 0.29) is 5.38 Å². The van der Waals surface area contributed by atoms with Gasteiger partial charge in [-0.3, -0.25) is 0 Å². The normalized spacial score (nSPS) is 18.2. The second-order valence-electron chi connectivity index (χ2n) is 4.72. The molecule has 0 rings (SSSR count). The Balaban J connectivity index is 0. The van der Waals surface area contributed by atoms with Crippen LogP contribution >= 0.6 is 33.9 Å². The van der Waals surface area contributed by atoms with E-state index < -0.39 is 14.3 Å². The minimum Gasteiger partial charge on any atom is -0.212 e. The van der Waals surface area contributed by atoms with E-state index in [1.54, 1.807) is 6.92 Å². The monoisotopic (exact) mass is 338 g/mol. The first-order chi connectivity index (χ1) is 8.18. The molecule has 4 unspecified atom stereocenters. The molecule has 0 amide bonds. The van der Waals surface area contributed by atoms with Crippen LogP contribution in [0.25, 0.3) is 0 Å². The Morgan fingerprint density at radius 1 is 1.00 bits per heavy atom. The summed E-state index contributed by atoms with van der Waals surface area (Å²) in [4.78, 5) is 0. The van der Waals surface area contributed by atoms with E-state index in [0.29, 0.717) is 18.3 Å². The quantitative estimate of drug-likeness (QED) is 0.490. The third-order valence-electron chi connectivity index (χ3n) is 3.31. The Bertz CT molecular complexity index is 294. The Morgan fingerprint density at radius 3 is 1.78 bits per heavy atom. The van der Waals surface area contributed by atoms with E-state index in [2.05, 4.69) is 32.4 Å². The van der Waals surface area contributed by atoms with Gasteiger partial charge < -0.3 is 0 Å². The number of rotatable bonds is 7. The molecule has 0 aliphatic rings. The molecule has 0 aliphatic heterocycles. The molecule has 0 spiro atoms. The zero-order valence-electron chi connectivity index (χ0n) is 11.8. The molecule has 4 atom stereocenters. The van der Waals surface area contributed by atoms with Crippen LogP contribution in [0.3, 0.4) is 0 Å². The molecule has 0 aromatic heterocycles. The Kier molecular flexibility index (Phi) is 12.4. The van der Waals surface area contributed by atoms with Gasteiger partial charge in [0.25, 0.3) is 0 Å². The van der Waals surface area contributed by atoms with Gasteiger partial charge in [-0.2, -0.15) is 0 Å². The van der Waals surface area contributed by atoms with Gasteiger partial charge >= 0.3 is 0 Å². The highest BCUT2D eigenvalue weighted by molar-refractivity contribution is 8.14. The van der Waals surface area contributed by atoms with Crippen LogP contribution in [0.4, 0.5) is 0 Å². The summed E-state index contributed by atoms with van der Waals surface area (Å²) in [6.07, 6.45) is 3.86. The second-order valence-corrected chi connectivity index (χ2v) is 8.38. The molecular formula is C12H25Cl3O2S. The summed E-state index contributed by atoms with van der Waals surface area (Å²) in [5, 5.41) is -0.687. The summed E-state index contributed by atoms with van der Waals surface area (Å²) in [5.74, 6) is 1.13. The smallest absolute Gasteiger partial charge is 0.212 e. The van der Waals surface area contributed by atoms with Crippen molar-refractivity contribution in [3.63, 3.8) is 0 Å². The minimum absolute atomic E-state index is 0.118. The molecule has 112 valence electrons. The van der Waals surface area contributed by atoms with Gasteiger partial charge in [-0.15, -0.1) is 23.2 Å². The summed E-state index contributed by atoms with van der Waals surface area (Å²) < 4.78 is 22.1. The predicted octanol–water partition coefficient (Wildman–Crippen LogP) is 4.87. The molecule has 0 bridgehead atoms. The lowest BCUT2D eigenvalue weighted by atomic mass is 9.89. The van der Waals surface area contributed by atoms with Crippen molar-refractivity contribution in [2.24, 2.45) is 11.8 Å². The molecule has 0 aliphatic carbocycles. The van der Waals surface area contributed by atoms with Crippen LogP contribution in [0.5, 0.6) is 0 Å². The molecule has 0 heterocycles. The van der Waals surface area contributed by atoms with Gasteiger partial charge in [0.1, 0.15) is 0 Å². The Morgan fingerprint density at radius 2 is 1.44 bits per heavy atom. The number of hydrogen-bond donors (Lipinski definition) is 0. The Labute approximate surface area is 127 Å². The van der Waals surface area contributed by atoms with Crippen LogP contribution < -0.4 is 0 Å². The maximum atomic E-state index is 11.0. The first kappa shape index (κ1) is 21.1. The highest BCUT2D eigenvalue weighted by atomic mass is 35.7. The van der Waals surface area contributed by atoms with Crippen LogP contribution in [-0.2, 0) is 9.05 Å². The topological polar surface area (TPSA) is 34.1 Å². The van der Waals surface area contributed by atoms with Crippen molar-refractivity contribution in [3.05, 3.63) is 0 Å². The fourth-order valence-electron chi connectivity index (χ4n) is 1.61. The molecule has 2 nitrogen and oxygen atoms in total. The van der Waals surface area contributed by atoms with Crippen molar-refractivity contribution in [1.82, 2.24) is 0 Å². The average Bonchev–Trinajstić information content (AvgIpc) is 2.28. The molecular weight excluding hydrogens is 315 g/mol. The molecule has 0 fully saturated rings. The lowest BCUT2D eigenvalue weighted by molar-refractivity contribution is 0.346. The van der Waals surface area contributed by atoms with Crippen molar-refractivity contribution < 1.29 is 8.42 Å². The average molecular weight is 340 g/mol. The van der Waals surface area contributed by atoms with Crippen LogP contribution in [0.2, 0.25) is 0 Å². The van der Waals surface area contributed by atoms with E-state index >= 15 is 0 Å². The van der Waals surface area contributed by atoms with Gasteiger partial charge in [0.2, 0.25) is 9.05 Å². The third kappa shape index (κ3) is 9.71. The number of alkyl halides is 2. The molecule has 0 saturated carbocycles. The number of hydrogen-bond acceptors (Lipinski definition) is 2. The number of halogens is 3. The standard InChI is InChI=1S/C11H22Cl2O2S.CH3Cl/c1-5-8(2)9(3)6-11(12)7-10(4)16(13,14)15;1-2/h8-11H,5-7H2,1-4H3;1H3. The summed E-state index contributed by atoms with van der Waals surface area (Å²) in [7, 11) is 1.80. The van der Waals surface area contributed by atoms with Crippen LogP contribution in [0.15, 0.2) is 0 Å². The maximum absolute atomic E-state index is 11.0. The van der Waals surface area contributed by atoms with E-state index in [1.165, 1.54) is 6.38 Å². The summed E-state index contributed by atoms with van der Waals surface area (Å²) in [5.41, 5.74) is 0. The van der Waals surface area contributed by atoms with Crippen molar-refractivity contribution >= 4 is 42.9 Å². The molecule has 0 N–H and O–H groups in total. The SMILES string of the molecule is CCC(C)C(C)CC(Cl)CC(C)S(=O)(=O)Cl.CCl. The van der Waals surface area contributed by atoms with Crippen LogP contribution in [0.1, 0.15) is 47.0 Å². The van der Waals surface area contributed by atoms with Crippen LogP contribution in [-0.4, -0.2) is 25.4 Å². The first-order valence-electron chi connectivity index (χ1n) is 6.13. The molecule has 6 heteroatoms. The van der Waals surface area contributed by atoms with E-state index in [4.69, 9.17) is 22.3 Å². The summed E-state index contributed by atoms with van der Waals surface area (Å²) in [6, 6.07) is 0. The van der Waals surface area contributed by atoms with Gasteiger partial charge in [-0.1, -0.05) is 27.2 Å². The third-order valence-corrected chi connectivity index (χ3v) is 5.73. The van der Waals surface area contributed by atoms with Crippen molar-refractivity contribution in [2.75, 3.05) is 6.38 Å². The van der Waals surface area contributed by atoms with Crippen molar-refractivity contribution in [3.8, 4) is 0 Å². The lowest BCUT2D eigenvalue weighted by Gasteiger charge is -2.22. The maximum Gasteiger partial charge on any atom is 0.235 e. The molecule has 0 saturated heterocycles. The molecule has 0 aromatic carbocycles. The zero-order chi connectivity index (χ0) is 14.9.